The van der Waals surface area contributed by atoms with Crippen LogP contribution in [0, 0.1) is 46.8 Å². The highest BCUT2D eigenvalue weighted by molar-refractivity contribution is 5.66. The number of esters is 1. The number of terminal acetylenes is 1. The smallest absolute Gasteiger partial charge is 0.302 e. The first-order chi connectivity index (χ1) is 12.2. The lowest BCUT2D eigenvalue weighted by molar-refractivity contribution is -0.165. The van der Waals surface area contributed by atoms with E-state index in [4.69, 9.17) is 11.2 Å². The maximum atomic E-state index is 11.6. The van der Waals surface area contributed by atoms with Crippen molar-refractivity contribution in [3.05, 3.63) is 0 Å². The summed E-state index contributed by atoms with van der Waals surface area (Å²) in [5.74, 6) is 5.25. The first kappa shape index (κ1) is 18.4. The molecule has 0 aromatic heterocycles. The van der Waals surface area contributed by atoms with Crippen molar-refractivity contribution >= 4 is 5.97 Å². The normalized spacial score (nSPS) is 53.0. The van der Waals surface area contributed by atoms with Crippen LogP contribution in [0.3, 0.4) is 0 Å². The van der Waals surface area contributed by atoms with Gasteiger partial charge in [-0.25, -0.2) is 0 Å². The van der Waals surface area contributed by atoms with Gasteiger partial charge in [0.1, 0.15) is 11.7 Å². The van der Waals surface area contributed by atoms with E-state index in [9.17, 15) is 9.90 Å². The van der Waals surface area contributed by atoms with Crippen molar-refractivity contribution in [3.63, 3.8) is 0 Å². The monoisotopic (exact) mass is 358 g/mol. The maximum Gasteiger partial charge on any atom is 0.302 e. The summed E-state index contributed by atoms with van der Waals surface area (Å²) in [4.78, 5) is 11.6. The summed E-state index contributed by atoms with van der Waals surface area (Å²) in [6.45, 7) is 6.40. The van der Waals surface area contributed by atoms with Crippen molar-refractivity contribution in [1.82, 2.24) is 0 Å². The van der Waals surface area contributed by atoms with Gasteiger partial charge in [0.2, 0.25) is 0 Å². The Labute approximate surface area is 158 Å². The van der Waals surface area contributed by atoms with Crippen LogP contribution in [0.1, 0.15) is 78.6 Å². The van der Waals surface area contributed by atoms with Gasteiger partial charge in [0.05, 0.1) is 0 Å². The first-order valence-electron chi connectivity index (χ1n) is 10.6. The summed E-state index contributed by atoms with van der Waals surface area (Å²) < 4.78 is 5.74. The van der Waals surface area contributed by atoms with E-state index in [0.29, 0.717) is 17.3 Å². The van der Waals surface area contributed by atoms with Gasteiger partial charge in [0.15, 0.2) is 0 Å². The number of ether oxygens (including phenoxy) is 1. The molecule has 0 unspecified atom stereocenters. The largest absolute Gasteiger partial charge is 0.462 e. The Morgan fingerprint density at radius 2 is 1.77 bits per heavy atom. The Balaban J connectivity index is 1.57. The fourth-order valence-electron chi connectivity index (χ4n) is 7.72. The molecule has 0 aliphatic heterocycles. The highest BCUT2D eigenvalue weighted by Gasteiger charge is 2.61. The average Bonchev–Trinajstić information content (AvgIpc) is 2.92. The van der Waals surface area contributed by atoms with Crippen LogP contribution in [0.4, 0.5) is 0 Å². The number of aliphatic hydroxyl groups is 1. The highest BCUT2D eigenvalue weighted by Crippen LogP contribution is 2.67. The van der Waals surface area contributed by atoms with Gasteiger partial charge in [-0.05, 0) is 86.9 Å². The zero-order chi connectivity index (χ0) is 18.7. The third-order valence-corrected chi connectivity index (χ3v) is 9.22. The Hall–Kier alpha value is -1.01. The second-order valence-corrected chi connectivity index (χ2v) is 10.3. The van der Waals surface area contributed by atoms with E-state index in [1.807, 2.05) is 0 Å². The van der Waals surface area contributed by atoms with Gasteiger partial charge in [-0.15, -0.1) is 6.42 Å². The molecule has 0 spiro atoms. The maximum absolute atomic E-state index is 11.6. The number of fused-ring (bicyclic) bond motifs is 5. The summed E-state index contributed by atoms with van der Waals surface area (Å²) >= 11 is 0. The molecule has 1 N–H and O–H groups in total. The molecule has 4 fully saturated rings. The van der Waals surface area contributed by atoms with E-state index in [-0.39, 0.29) is 17.5 Å². The summed E-state index contributed by atoms with van der Waals surface area (Å²) in [7, 11) is 0. The lowest BCUT2D eigenvalue weighted by Gasteiger charge is -2.61. The van der Waals surface area contributed by atoms with Gasteiger partial charge in [-0.3, -0.25) is 4.79 Å². The molecule has 4 rings (SSSR count). The van der Waals surface area contributed by atoms with E-state index in [1.54, 1.807) is 6.92 Å². The van der Waals surface area contributed by atoms with Crippen LogP contribution in [0.15, 0.2) is 0 Å². The molecular weight excluding hydrogens is 324 g/mol. The molecular formula is C23H34O3. The van der Waals surface area contributed by atoms with Gasteiger partial charge < -0.3 is 9.84 Å². The minimum Gasteiger partial charge on any atom is -0.462 e. The van der Waals surface area contributed by atoms with Crippen molar-refractivity contribution in [2.75, 3.05) is 0 Å². The van der Waals surface area contributed by atoms with E-state index < -0.39 is 5.60 Å². The lowest BCUT2D eigenvalue weighted by atomic mass is 9.44. The molecule has 8 atom stereocenters. The predicted octanol–water partition coefficient (Wildman–Crippen LogP) is 4.33. The Morgan fingerprint density at radius 3 is 2.46 bits per heavy atom. The van der Waals surface area contributed by atoms with E-state index in [1.165, 1.54) is 32.1 Å². The number of hydrogen-bond donors (Lipinski definition) is 1. The second-order valence-electron chi connectivity index (χ2n) is 10.3. The zero-order valence-electron chi connectivity index (χ0n) is 16.6. The highest BCUT2D eigenvalue weighted by atomic mass is 16.5. The summed E-state index contributed by atoms with van der Waals surface area (Å²) in [6, 6.07) is 0. The quantitative estimate of drug-likeness (QED) is 0.561. The van der Waals surface area contributed by atoms with E-state index >= 15 is 0 Å². The van der Waals surface area contributed by atoms with Gasteiger partial charge in [-0.2, -0.15) is 0 Å². The molecule has 4 aliphatic rings. The third kappa shape index (κ3) is 2.55. The van der Waals surface area contributed by atoms with Gasteiger partial charge in [-0.1, -0.05) is 19.8 Å². The minimum atomic E-state index is -0.881. The van der Waals surface area contributed by atoms with Gasteiger partial charge >= 0.3 is 5.97 Å². The summed E-state index contributed by atoms with van der Waals surface area (Å²) in [5, 5.41) is 10.7. The van der Waals surface area contributed by atoms with Crippen molar-refractivity contribution in [2.24, 2.45) is 34.5 Å². The van der Waals surface area contributed by atoms with Gasteiger partial charge in [0, 0.05) is 12.3 Å². The standard InChI is InChI=1S/C23H34O3/c1-5-23(25)13-12-21(3)16(14-23)6-7-17-18-8-9-20(26-15(2)24)22(18,4)11-10-19(17)21/h1,16-20,25H,6-14H2,2-4H3/t16-,17+,18-,19+,20-,21-,22-,23-/m0/s1. The Morgan fingerprint density at radius 1 is 1.04 bits per heavy atom. The Kier molecular flexibility index (Phi) is 4.23. The van der Waals surface area contributed by atoms with Crippen molar-refractivity contribution < 1.29 is 14.6 Å². The fraction of sp³-hybridized carbons (Fsp3) is 0.870. The Bertz CT molecular complexity index is 636. The second kappa shape index (κ2) is 5.99. The van der Waals surface area contributed by atoms with Crippen LogP contribution in [0.25, 0.3) is 0 Å². The minimum absolute atomic E-state index is 0.106. The zero-order valence-corrected chi connectivity index (χ0v) is 16.6. The molecule has 0 aromatic rings. The van der Waals surface area contributed by atoms with Crippen LogP contribution in [-0.4, -0.2) is 22.8 Å². The average molecular weight is 359 g/mol. The van der Waals surface area contributed by atoms with Crippen LogP contribution < -0.4 is 0 Å². The molecule has 0 aromatic carbocycles. The SMILES string of the molecule is C#C[C@]1(O)CC[C@@]2(C)[C@@H](CC[C@H]3[C@H]2CC[C@]2(C)[C@@H](OC(C)=O)CC[C@@H]32)C1. The molecule has 0 heterocycles. The molecule has 0 bridgehead atoms. The summed E-state index contributed by atoms with van der Waals surface area (Å²) in [6.07, 6.45) is 15.4. The fourth-order valence-corrected chi connectivity index (χ4v) is 7.72. The van der Waals surface area contributed by atoms with Crippen molar-refractivity contribution in [1.29, 1.82) is 0 Å². The topological polar surface area (TPSA) is 46.5 Å². The molecule has 0 saturated heterocycles. The van der Waals surface area contributed by atoms with Crippen LogP contribution in [-0.2, 0) is 9.53 Å². The van der Waals surface area contributed by atoms with Crippen LogP contribution in [0.5, 0.6) is 0 Å². The van der Waals surface area contributed by atoms with E-state index in [0.717, 1.165) is 37.5 Å². The number of rotatable bonds is 1. The number of carbonyl (C=O) groups excluding carboxylic acids is 1. The van der Waals surface area contributed by atoms with Crippen molar-refractivity contribution in [3.8, 4) is 12.3 Å². The molecule has 26 heavy (non-hydrogen) atoms. The molecule has 0 amide bonds. The summed E-state index contributed by atoms with van der Waals surface area (Å²) in [5.41, 5.74) is -0.412. The number of carbonyl (C=O) groups is 1. The molecule has 4 saturated carbocycles. The van der Waals surface area contributed by atoms with Crippen molar-refractivity contribution in [2.45, 2.75) is 90.3 Å². The predicted molar refractivity (Wildman–Crippen MR) is 101 cm³/mol. The van der Waals surface area contributed by atoms with E-state index in [2.05, 4.69) is 19.8 Å². The third-order valence-electron chi connectivity index (χ3n) is 9.22. The lowest BCUT2D eigenvalue weighted by Crippen LogP contribution is -2.56. The molecule has 4 aliphatic carbocycles. The van der Waals surface area contributed by atoms with Crippen LogP contribution in [0.2, 0.25) is 0 Å². The molecule has 3 nitrogen and oxygen atoms in total. The first-order valence-corrected chi connectivity index (χ1v) is 10.6. The van der Waals surface area contributed by atoms with Crippen LogP contribution >= 0.6 is 0 Å². The molecule has 3 heteroatoms. The molecule has 0 radical (unpaired) electrons. The number of hydrogen-bond acceptors (Lipinski definition) is 3. The van der Waals surface area contributed by atoms with Gasteiger partial charge in [0.25, 0.3) is 0 Å². The molecule has 144 valence electrons.